The summed E-state index contributed by atoms with van der Waals surface area (Å²) in [6.45, 7) is 0.334. The molecule has 0 aliphatic rings. The van der Waals surface area contributed by atoms with Crippen LogP contribution in [0, 0.1) is 15.9 Å². The molecule has 0 spiro atoms. The molecule has 0 unspecified atom stereocenters. The van der Waals surface area contributed by atoms with Crippen LogP contribution in [-0.4, -0.2) is 24.0 Å². The summed E-state index contributed by atoms with van der Waals surface area (Å²) in [5.74, 6) is -0.437. The Kier molecular flexibility index (Phi) is 5.02. The van der Waals surface area contributed by atoms with Gasteiger partial charge in [-0.3, -0.25) is 14.9 Å². The zero-order valence-corrected chi connectivity index (χ0v) is 11.5. The standard InChI is InChI=1S/C15H13FN2O4/c16-11-5-7-12(8-6-11)22-10-9-17-15(19)13-3-1-2-4-14(13)18(20)21/h1-8H,9-10H2,(H,17,19). The summed E-state index contributed by atoms with van der Waals surface area (Å²) in [7, 11) is 0. The number of rotatable bonds is 6. The second-order valence-corrected chi connectivity index (χ2v) is 4.33. The van der Waals surface area contributed by atoms with Crippen LogP contribution in [0.25, 0.3) is 0 Å². The lowest BCUT2D eigenvalue weighted by Gasteiger charge is -2.08. The van der Waals surface area contributed by atoms with Crippen molar-refractivity contribution < 1.29 is 18.8 Å². The molecule has 0 saturated heterocycles. The third-order valence-corrected chi connectivity index (χ3v) is 2.82. The number of hydrogen-bond acceptors (Lipinski definition) is 4. The van der Waals surface area contributed by atoms with Crippen LogP contribution in [0.1, 0.15) is 10.4 Å². The van der Waals surface area contributed by atoms with Crippen molar-refractivity contribution in [3.8, 4) is 5.75 Å². The molecule has 7 heteroatoms. The van der Waals surface area contributed by atoms with Gasteiger partial charge >= 0.3 is 0 Å². The maximum absolute atomic E-state index is 12.7. The molecule has 0 atom stereocenters. The second-order valence-electron chi connectivity index (χ2n) is 4.33. The fourth-order valence-corrected chi connectivity index (χ4v) is 1.78. The van der Waals surface area contributed by atoms with E-state index in [-0.39, 0.29) is 30.2 Å². The van der Waals surface area contributed by atoms with Crippen molar-refractivity contribution in [2.45, 2.75) is 0 Å². The highest BCUT2D eigenvalue weighted by atomic mass is 19.1. The van der Waals surface area contributed by atoms with Gasteiger partial charge in [0.2, 0.25) is 0 Å². The van der Waals surface area contributed by atoms with E-state index in [4.69, 9.17) is 4.74 Å². The lowest BCUT2D eigenvalue weighted by atomic mass is 10.1. The number of carbonyl (C=O) groups is 1. The van der Waals surface area contributed by atoms with E-state index in [1.807, 2.05) is 0 Å². The highest BCUT2D eigenvalue weighted by molar-refractivity contribution is 5.98. The number of nitro benzene ring substituents is 1. The first-order valence-corrected chi connectivity index (χ1v) is 6.48. The molecule has 6 nitrogen and oxygen atoms in total. The molecule has 1 N–H and O–H groups in total. The van der Waals surface area contributed by atoms with Gasteiger partial charge in [-0.2, -0.15) is 0 Å². The smallest absolute Gasteiger partial charge is 0.282 e. The number of nitro groups is 1. The monoisotopic (exact) mass is 304 g/mol. The number of nitrogens with one attached hydrogen (secondary N) is 1. The Balaban J connectivity index is 1.86. The molecule has 2 aromatic carbocycles. The van der Waals surface area contributed by atoms with Gasteiger partial charge in [0.15, 0.2) is 0 Å². The molecule has 0 radical (unpaired) electrons. The second kappa shape index (κ2) is 7.16. The minimum Gasteiger partial charge on any atom is -0.492 e. The maximum atomic E-state index is 12.7. The molecule has 0 bridgehead atoms. The van der Waals surface area contributed by atoms with E-state index in [0.717, 1.165) is 0 Å². The predicted molar refractivity (Wildman–Crippen MR) is 77.3 cm³/mol. The van der Waals surface area contributed by atoms with Gasteiger partial charge in [0.05, 0.1) is 11.5 Å². The zero-order chi connectivity index (χ0) is 15.9. The van der Waals surface area contributed by atoms with E-state index in [1.54, 1.807) is 6.07 Å². The van der Waals surface area contributed by atoms with Crippen LogP contribution < -0.4 is 10.1 Å². The summed E-state index contributed by atoms with van der Waals surface area (Å²) in [6, 6.07) is 11.2. The molecule has 0 heterocycles. The van der Waals surface area contributed by atoms with E-state index in [2.05, 4.69) is 5.32 Å². The number of benzene rings is 2. The third kappa shape index (κ3) is 4.02. The van der Waals surface area contributed by atoms with Gasteiger partial charge in [-0.1, -0.05) is 12.1 Å². The van der Waals surface area contributed by atoms with Crippen molar-refractivity contribution in [2.24, 2.45) is 0 Å². The Bertz CT molecular complexity index is 673. The fourth-order valence-electron chi connectivity index (χ4n) is 1.78. The number of para-hydroxylation sites is 1. The molecule has 1 amide bonds. The first-order valence-electron chi connectivity index (χ1n) is 6.48. The zero-order valence-electron chi connectivity index (χ0n) is 11.5. The van der Waals surface area contributed by atoms with Crippen molar-refractivity contribution in [3.63, 3.8) is 0 Å². The highest BCUT2D eigenvalue weighted by Crippen LogP contribution is 2.17. The van der Waals surface area contributed by atoms with Crippen molar-refractivity contribution >= 4 is 11.6 Å². The Labute approximate surface area is 125 Å². The lowest BCUT2D eigenvalue weighted by Crippen LogP contribution is -2.28. The van der Waals surface area contributed by atoms with Crippen LogP contribution in [0.2, 0.25) is 0 Å². The van der Waals surface area contributed by atoms with E-state index in [0.29, 0.717) is 5.75 Å². The van der Waals surface area contributed by atoms with E-state index in [1.165, 1.54) is 42.5 Å². The summed E-state index contributed by atoms with van der Waals surface area (Å²) >= 11 is 0. The normalized spacial score (nSPS) is 10.0. The summed E-state index contributed by atoms with van der Waals surface area (Å²) in [4.78, 5) is 22.1. The van der Waals surface area contributed by atoms with Gasteiger partial charge in [0.1, 0.15) is 23.7 Å². The quantitative estimate of drug-likeness (QED) is 0.505. The molecule has 114 valence electrons. The Morgan fingerprint density at radius 3 is 2.55 bits per heavy atom. The molecule has 0 fully saturated rings. The largest absolute Gasteiger partial charge is 0.492 e. The number of halogens is 1. The van der Waals surface area contributed by atoms with Crippen molar-refractivity contribution in [1.82, 2.24) is 5.32 Å². The molecule has 0 aliphatic carbocycles. The van der Waals surface area contributed by atoms with Crippen molar-refractivity contribution in [2.75, 3.05) is 13.2 Å². The first-order chi connectivity index (χ1) is 10.6. The number of hydrogen-bond donors (Lipinski definition) is 1. The third-order valence-electron chi connectivity index (χ3n) is 2.82. The summed E-state index contributed by atoms with van der Waals surface area (Å²) in [6.07, 6.45) is 0. The SMILES string of the molecule is O=C(NCCOc1ccc(F)cc1)c1ccccc1[N+](=O)[O-]. The molecule has 2 rings (SSSR count). The molecule has 0 aliphatic heterocycles. The summed E-state index contributed by atoms with van der Waals surface area (Å²) < 4.78 is 18.0. The molecule has 2 aromatic rings. The first kappa shape index (κ1) is 15.4. The Morgan fingerprint density at radius 1 is 1.18 bits per heavy atom. The molecular formula is C15H13FN2O4. The minimum atomic E-state index is -0.607. The van der Waals surface area contributed by atoms with E-state index < -0.39 is 10.8 Å². The maximum Gasteiger partial charge on any atom is 0.282 e. The van der Waals surface area contributed by atoms with Crippen molar-refractivity contribution in [3.05, 3.63) is 70.0 Å². The number of carbonyl (C=O) groups excluding carboxylic acids is 1. The van der Waals surface area contributed by atoms with Crippen LogP contribution in [-0.2, 0) is 0 Å². The van der Waals surface area contributed by atoms with Gasteiger partial charge in [-0.25, -0.2) is 4.39 Å². The lowest BCUT2D eigenvalue weighted by molar-refractivity contribution is -0.385. The highest BCUT2D eigenvalue weighted by Gasteiger charge is 2.18. The summed E-state index contributed by atoms with van der Waals surface area (Å²) in [5, 5.41) is 13.4. The predicted octanol–water partition coefficient (Wildman–Crippen LogP) is 2.54. The topological polar surface area (TPSA) is 81.5 Å². The van der Waals surface area contributed by atoms with Crippen molar-refractivity contribution in [1.29, 1.82) is 0 Å². The van der Waals surface area contributed by atoms with E-state index in [9.17, 15) is 19.3 Å². The van der Waals surface area contributed by atoms with Gasteiger partial charge in [0.25, 0.3) is 11.6 Å². The van der Waals surface area contributed by atoms with Crippen LogP contribution in [0.15, 0.2) is 48.5 Å². The average molecular weight is 304 g/mol. The molecule has 0 aromatic heterocycles. The fraction of sp³-hybridized carbons (Fsp3) is 0.133. The van der Waals surface area contributed by atoms with Gasteiger partial charge in [-0.05, 0) is 30.3 Å². The van der Waals surface area contributed by atoms with Gasteiger partial charge < -0.3 is 10.1 Å². The van der Waals surface area contributed by atoms with Gasteiger partial charge in [0, 0.05) is 6.07 Å². The van der Waals surface area contributed by atoms with Crippen LogP contribution in [0.3, 0.4) is 0 Å². The van der Waals surface area contributed by atoms with E-state index >= 15 is 0 Å². The number of nitrogens with zero attached hydrogens (tertiary/aromatic N) is 1. The van der Waals surface area contributed by atoms with Crippen LogP contribution in [0.5, 0.6) is 5.75 Å². The molecule has 22 heavy (non-hydrogen) atoms. The van der Waals surface area contributed by atoms with Crippen LogP contribution in [0.4, 0.5) is 10.1 Å². The number of ether oxygens (including phenoxy) is 1. The molecule has 0 saturated carbocycles. The summed E-state index contributed by atoms with van der Waals surface area (Å²) in [5.41, 5.74) is -0.256. The Hall–Kier alpha value is -2.96. The molecular weight excluding hydrogens is 291 g/mol. The van der Waals surface area contributed by atoms with Gasteiger partial charge in [-0.15, -0.1) is 0 Å². The van der Waals surface area contributed by atoms with Crippen LogP contribution >= 0.6 is 0 Å². The number of amides is 1. The average Bonchev–Trinajstić information content (AvgIpc) is 2.53. The minimum absolute atomic E-state index is 0.00529. The Morgan fingerprint density at radius 2 is 1.86 bits per heavy atom.